The lowest BCUT2D eigenvalue weighted by molar-refractivity contribution is -0.147. The van der Waals surface area contributed by atoms with Gasteiger partial charge >= 0.3 is 5.97 Å². The second kappa shape index (κ2) is 10.2. The van der Waals surface area contributed by atoms with Crippen LogP contribution in [0.2, 0.25) is 0 Å². The molecule has 0 fully saturated rings. The van der Waals surface area contributed by atoms with Gasteiger partial charge in [-0.15, -0.1) is 0 Å². The first-order valence-electron chi connectivity index (χ1n) is 9.74. The van der Waals surface area contributed by atoms with Gasteiger partial charge in [0.1, 0.15) is 6.04 Å². The molecule has 1 amide bonds. The standard InChI is InChI=1S/C23H25N3O3/c1-2-29-23(28)21(15-18-9-5-3-6-10-18)25-22(27)14-13-19-16-24-26(17-19)20-11-7-4-8-12-20/h3-12,16-17,21H,2,13-15H2,1H3,(H,25,27). The summed E-state index contributed by atoms with van der Waals surface area (Å²) in [4.78, 5) is 24.7. The fourth-order valence-electron chi connectivity index (χ4n) is 3.02. The first kappa shape index (κ1) is 20.3. The molecule has 2 aromatic carbocycles. The summed E-state index contributed by atoms with van der Waals surface area (Å²) >= 11 is 0. The lowest BCUT2D eigenvalue weighted by Crippen LogP contribution is -2.43. The number of aromatic nitrogens is 2. The van der Waals surface area contributed by atoms with Gasteiger partial charge in [-0.2, -0.15) is 5.10 Å². The minimum absolute atomic E-state index is 0.188. The summed E-state index contributed by atoms with van der Waals surface area (Å²) in [6, 6.07) is 18.7. The zero-order chi connectivity index (χ0) is 20.5. The molecule has 0 saturated heterocycles. The monoisotopic (exact) mass is 391 g/mol. The molecule has 3 aromatic rings. The Morgan fingerprint density at radius 3 is 2.41 bits per heavy atom. The van der Waals surface area contributed by atoms with Gasteiger partial charge < -0.3 is 10.1 Å². The van der Waals surface area contributed by atoms with Crippen molar-refractivity contribution in [1.29, 1.82) is 0 Å². The summed E-state index contributed by atoms with van der Waals surface area (Å²) in [5, 5.41) is 7.16. The number of para-hydroxylation sites is 1. The molecule has 0 aliphatic rings. The van der Waals surface area contributed by atoms with Crippen LogP contribution in [0.25, 0.3) is 5.69 Å². The van der Waals surface area contributed by atoms with E-state index >= 15 is 0 Å². The summed E-state index contributed by atoms with van der Waals surface area (Å²) in [6.45, 7) is 2.03. The molecule has 6 heteroatoms. The van der Waals surface area contributed by atoms with E-state index in [0.717, 1.165) is 16.8 Å². The zero-order valence-electron chi connectivity index (χ0n) is 16.5. The van der Waals surface area contributed by atoms with Gasteiger partial charge in [0.25, 0.3) is 0 Å². The number of benzene rings is 2. The summed E-state index contributed by atoms with van der Waals surface area (Å²) in [7, 11) is 0. The van der Waals surface area contributed by atoms with Gasteiger partial charge in [-0.1, -0.05) is 48.5 Å². The molecule has 3 rings (SSSR count). The van der Waals surface area contributed by atoms with Crippen LogP contribution >= 0.6 is 0 Å². The minimum atomic E-state index is -0.697. The third-order valence-electron chi connectivity index (χ3n) is 4.49. The van der Waals surface area contributed by atoms with Crippen LogP contribution in [0, 0.1) is 0 Å². The third kappa shape index (κ3) is 6.04. The van der Waals surface area contributed by atoms with E-state index in [-0.39, 0.29) is 18.9 Å². The molecule has 0 radical (unpaired) electrons. The molecule has 0 spiro atoms. The van der Waals surface area contributed by atoms with E-state index in [0.29, 0.717) is 12.8 Å². The Bertz CT molecular complexity index is 923. The Balaban J connectivity index is 1.57. The molecule has 6 nitrogen and oxygen atoms in total. The summed E-state index contributed by atoms with van der Waals surface area (Å²) in [6.07, 6.45) is 4.88. The van der Waals surface area contributed by atoms with E-state index in [1.165, 1.54) is 0 Å². The number of hydrogen-bond donors (Lipinski definition) is 1. The number of nitrogens with one attached hydrogen (secondary N) is 1. The number of carbonyl (C=O) groups is 2. The highest BCUT2D eigenvalue weighted by atomic mass is 16.5. The number of amides is 1. The van der Waals surface area contributed by atoms with Crippen molar-refractivity contribution >= 4 is 11.9 Å². The van der Waals surface area contributed by atoms with Gasteiger partial charge in [-0.25, -0.2) is 9.48 Å². The second-order valence-electron chi connectivity index (χ2n) is 6.69. The molecular formula is C23H25N3O3. The number of rotatable bonds is 9. The van der Waals surface area contributed by atoms with Crippen molar-refractivity contribution < 1.29 is 14.3 Å². The van der Waals surface area contributed by atoms with Gasteiger partial charge in [-0.3, -0.25) is 4.79 Å². The number of esters is 1. The fourth-order valence-corrected chi connectivity index (χ4v) is 3.02. The molecule has 1 unspecified atom stereocenters. The van der Waals surface area contributed by atoms with E-state index in [9.17, 15) is 9.59 Å². The van der Waals surface area contributed by atoms with Crippen LogP contribution in [0.15, 0.2) is 73.1 Å². The van der Waals surface area contributed by atoms with Crippen LogP contribution in [0.5, 0.6) is 0 Å². The Kier molecular flexibility index (Phi) is 7.16. The number of nitrogens with zero attached hydrogens (tertiary/aromatic N) is 2. The van der Waals surface area contributed by atoms with Crippen molar-refractivity contribution in [2.45, 2.75) is 32.2 Å². The summed E-state index contributed by atoms with van der Waals surface area (Å²) < 4.78 is 6.91. The topological polar surface area (TPSA) is 73.2 Å². The van der Waals surface area contributed by atoms with E-state index in [2.05, 4.69) is 10.4 Å². The van der Waals surface area contributed by atoms with Crippen molar-refractivity contribution in [3.8, 4) is 5.69 Å². The largest absolute Gasteiger partial charge is 0.464 e. The number of hydrogen-bond acceptors (Lipinski definition) is 4. The predicted molar refractivity (Wildman–Crippen MR) is 111 cm³/mol. The maximum atomic E-state index is 12.5. The van der Waals surface area contributed by atoms with Crippen LogP contribution in [-0.4, -0.2) is 34.3 Å². The number of ether oxygens (including phenoxy) is 1. The van der Waals surface area contributed by atoms with Crippen molar-refractivity contribution in [1.82, 2.24) is 15.1 Å². The highest BCUT2D eigenvalue weighted by Gasteiger charge is 2.22. The third-order valence-corrected chi connectivity index (χ3v) is 4.49. The number of carbonyl (C=O) groups excluding carboxylic acids is 2. The zero-order valence-corrected chi connectivity index (χ0v) is 16.5. The molecule has 150 valence electrons. The van der Waals surface area contributed by atoms with E-state index in [1.54, 1.807) is 17.8 Å². The average molecular weight is 391 g/mol. The molecule has 0 saturated carbocycles. The smallest absolute Gasteiger partial charge is 0.328 e. The minimum Gasteiger partial charge on any atom is -0.464 e. The molecule has 1 heterocycles. The van der Waals surface area contributed by atoms with Crippen molar-refractivity contribution in [3.63, 3.8) is 0 Å². The van der Waals surface area contributed by atoms with Gasteiger partial charge in [0.2, 0.25) is 5.91 Å². The maximum absolute atomic E-state index is 12.5. The molecule has 29 heavy (non-hydrogen) atoms. The van der Waals surface area contributed by atoms with Crippen molar-refractivity contribution in [2.24, 2.45) is 0 Å². The summed E-state index contributed by atoms with van der Waals surface area (Å²) in [5.41, 5.74) is 2.89. The Morgan fingerprint density at radius 2 is 1.72 bits per heavy atom. The first-order chi connectivity index (χ1) is 14.2. The normalized spacial score (nSPS) is 11.6. The lowest BCUT2D eigenvalue weighted by atomic mass is 10.1. The molecule has 0 bridgehead atoms. The molecule has 0 aliphatic heterocycles. The predicted octanol–water partition coefficient (Wildman–Crippen LogP) is 3.10. The summed E-state index contributed by atoms with van der Waals surface area (Å²) in [5.74, 6) is -0.604. The van der Waals surface area contributed by atoms with Crippen LogP contribution in [-0.2, 0) is 27.2 Å². The van der Waals surface area contributed by atoms with E-state index in [1.807, 2.05) is 66.9 Å². The quantitative estimate of drug-likeness (QED) is 0.569. The van der Waals surface area contributed by atoms with E-state index in [4.69, 9.17) is 4.74 Å². The molecule has 1 aromatic heterocycles. The van der Waals surface area contributed by atoms with Gasteiger partial charge in [0.15, 0.2) is 0 Å². The van der Waals surface area contributed by atoms with E-state index < -0.39 is 12.0 Å². The van der Waals surface area contributed by atoms with Crippen LogP contribution < -0.4 is 5.32 Å². The Labute approximate surface area is 170 Å². The highest BCUT2D eigenvalue weighted by Crippen LogP contribution is 2.10. The Hall–Kier alpha value is -3.41. The molecule has 0 aliphatic carbocycles. The SMILES string of the molecule is CCOC(=O)C(Cc1ccccc1)NC(=O)CCc1cnn(-c2ccccc2)c1. The molecular weight excluding hydrogens is 366 g/mol. The van der Waals surface area contributed by atoms with Crippen LogP contribution in [0.4, 0.5) is 0 Å². The Morgan fingerprint density at radius 1 is 1.03 bits per heavy atom. The number of aryl methyl sites for hydroxylation is 1. The molecule has 1 N–H and O–H groups in total. The van der Waals surface area contributed by atoms with Gasteiger partial charge in [-0.05, 0) is 36.6 Å². The van der Waals surface area contributed by atoms with Crippen molar-refractivity contribution in [3.05, 3.63) is 84.2 Å². The lowest BCUT2D eigenvalue weighted by Gasteiger charge is -2.17. The van der Waals surface area contributed by atoms with Crippen LogP contribution in [0.1, 0.15) is 24.5 Å². The second-order valence-corrected chi connectivity index (χ2v) is 6.69. The fraction of sp³-hybridized carbons (Fsp3) is 0.261. The highest BCUT2D eigenvalue weighted by molar-refractivity contribution is 5.84. The van der Waals surface area contributed by atoms with Gasteiger partial charge in [0, 0.05) is 19.0 Å². The van der Waals surface area contributed by atoms with Gasteiger partial charge in [0.05, 0.1) is 18.5 Å². The molecule has 1 atom stereocenters. The maximum Gasteiger partial charge on any atom is 0.328 e. The van der Waals surface area contributed by atoms with Crippen LogP contribution in [0.3, 0.4) is 0 Å². The first-order valence-corrected chi connectivity index (χ1v) is 9.74. The van der Waals surface area contributed by atoms with Crippen molar-refractivity contribution in [2.75, 3.05) is 6.61 Å². The average Bonchev–Trinajstić information content (AvgIpc) is 3.22.